The zero-order chi connectivity index (χ0) is 26.4. The van der Waals surface area contributed by atoms with Gasteiger partial charge in [0.1, 0.15) is 23.7 Å². The maximum atomic E-state index is 13.5. The minimum absolute atomic E-state index is 0.00277. The molecule has 2 aromatic carbocycles. The third kappa shape index (κ3) is 7.03. The summed E-state index contributed by atoms with van der Waals surface area (Å²) in [5.74, 6) is 0.943. The van der Waals surface area contributed by atoms with Crippen LogP contribution in [0.4, 0.5) is 0 Å². The molecule has 2 aliphatic rings. The van der Waals surface area contributed by atoms with Crippen molar-refractivity contribution >= 4 is 34.4 Å². The van der Waals surface area contributed by atoms with E-state index in [-0.39, 0.29) is 37.3 Å². The molecule has 0 heterocycles. The van der Waals surface area contributed by atoms with Crippen molar-refractivity contribution in [2.75, 3.05) is 26.8 Å². The third-order valence-corrected chi connectivity index (χ3v) is 7.59. The molecule has 3 N–H and O–H groups in total. The van der Waals surface area contributed by atoms with Gasteiger partial charge in [-0.25, -0.2) is 0 Å². The van der Waals surface area contributed by atoms with Gasteiger partial charge in [-0.05, 0) is 77.8 Å². The number of methoxy groups -OCH3 is 1. The first kappa shape index (κ1) is 27.4. The van der Waals surface area contributed by atoms with Crippen LogP contribution in [0.5, 0.6) is 11.5 Å². The van der Waals surface area contributed by atoms with E-state index in [0.29, 0.717) is 24.3 Å². The molecule has 0 saturated heterocycles. The van der Waals surface area contributed by atoms with Crippen LogP contribution in [-0.2, 0) is 16.0 Å². The van der Waals surface area contributed by atoms with E-state index in [4.69, 9.17) is 14.6 Å². The lowest BCUT2D eigenvalue weighted by molar-refractivity contribution is -0.139. The van der Waals surface area contributed by atoms with Crippen LogP contribution in [0.15, 0.2) is 60.2 Å². The largest absolute Gasteiger partial charge is 0.497 e. The van der Waals surface area contributed by atoms with E-state index in [1.54, 1.807) is 18.1 Å². The van der Waals surface area contributed by atoms with Crippen molar-refractivity contribution in [3.05, 3.63) is 69.3 Å². The third-order valence-electron chi connectivity index (χ3n) is 6.70. The minimum Gasteiger partial charge on any atom is -0.497 e. The van der Waals surface area contributed by atoms with E-state index in [1.807, 2.05) is 48.5 Å². The summed E-state index contributed by atoms with van der Waals surface area (Å²) >= 11 is 2.16. The first-order chi connectivity index (χ1) is 17.9. The van der Waals surface area contributed by atoms with Crippen molar-refractivity contribution in [2.45, 2.75) is 43.9 Å². The highest BCUT2D eigenvalue weighted by Gasteiger charge is 2.43. The van der Waals surface area contributed by atoms with Crippen LogP contribution in [0, 0.1) is 9.49 Å². The Labute approximate surface area is 230 Å². The van der Waals surface area contributed by atoms with E-state index in [2.05, 4.69) is 27.9 Å². The smallest absolute Gasteiger partial charge is 0.247 e. The molecule has 0 radical (unpaired) electrons. The predicted molar refractivity (Wildman–Crippen MR) is 147 cm³/mol. The van der Waals surface area contributed by atoms with Crippen molar-refractivity contribution in [1.29, 1.82) is 0 Å². The molecule has 37 heavy (non-hydrogen) atoms. The number of carbonyl (C=O) groups excluding carboxylic acids is 2. The van der Waals surface area contributed by atoms with Gasteiger partial charge in [-0.15, -0.1) is 0 Å². The summed E-state index contributed by atoms with van der Waals surface area (Å²) < 4.78 is 12.4. The van der Waals surface area contributed by atoms with Gasteiger partial charge < -0.3 is 29.9 Å². The molecule has 8 nitrogen and oxygen atoms in total. The Balaban J connectivity index is 1.61. The van der Waals surface area contributed by atoms with E-state index >= 15 is 0 Å². The summed E-state index contributed by atoms with van der Waals surface area (Å²) in [5, 5.41) is 23.4. The normalized spacial score (nSPS) is 21.1. The standard InChI is InChI=1S/C28H33IN2O6/c1-36-21-6-4-5-18(15-21)11-13-31(28(35)19-9-10-19)23-16-20(27(34)30-12-14-32)17-25(26(23)33)37-24-8-3-2-7-22(24)29/h2-8,15,17,19,23,25-26,32-33H,9-14,16H2,1H3,(H,30,34). The molecule has 198 valence electrons. The highest BCUT2D eigenvalue weighted by molar-refractivity contribution is 14.1. The van der Waals surface area contributed by atoms with Gasteiger partial charge in [0.05, 0.1) is 23.3 Å². The number of aliphatic hydroxyl groups excluding tert-OH is 2. The van der Waals surface area contributed by atoms with E-state index in [0.717, 1.165) is 27.7 Å². The highest BCUT2D eigenvalue weighted by atomic mass is 127. The molecule has 2 aliphatic carbocycles. The van der Waals surface area contributed by atoms with Gasteiger partial charge >= 0.3 is 0 Å². The number of carbonyl (C=O) groups is 2. The lowest BCUT2D eigenvalue weighted by Crippen LogP contribution is -2.56. The first-order valence-electron chi connectivity index (χ1n) is 12.5. The summed E-state index contributed by atoms with van der Waals surface area (Å²) in [4.78, 5) is 28.1. The van der Waals surface area contributed by atoms with Gasteiger partial charge in [-0.3, -0.25) is 9.59 Å². The van der Waals surface area contributed by atoms with Crippen LogP contribution in [0.1, 0.15) is 24.8 Å². The lowest BCUT2D eigenvalue weighted by Gasteiger charge is -2.40. The van der Waals surface area contributed by atoms with Crippen LogP contribution in [0.25, 0.3) is 0 Å². The molecule has 1 fully saturated rings. The van der Waals surface area contributed by atoms with Gasteiger partial charge in [0, 0.05) is 31.0 Å². The molecule has 9 heteroatoms. The molecular formula is C28H33IN2O6. The summed E-state index contributed by atoms with van der Waals surface area (Å²) in [5.41, 5.74) is 1.44. The number of rotatable bonds is 11. The zero-order valence-electron chi connectivity index (χ0n) is 20.8. The summed E-state index contributed by atoms with van der Waals surface area (Å²) in [6.45, 7) is 0.331. The van der Waals surface area contributed by atoms with Crippen LogP contribution >= 0.6 is 22.6 Å². The Morgan fingerprint density at radius 3 is 2.65 bits per heavy atom. The number of amides is 2. The number of hydrogen-bond acceptors (Lipinski definition) is 6. The first-order valence-corrected chi connectivity index (χ1v) is 13.6. The number of nitrogens with one attached hydrogen (secondary N) is 1. The summed E-state index contributed by atoms with van der Waals surface area (Å²) in [6, 6.07) is 14.5. The van der Waals surface area contributed by atoms with Crippen molar-refractivity contribution < 1.29 is 29.3 Å². The van der Waals surface area contributed by atoms with E-state index in [1.165, 1.54) is 0 Å². The van der Waals surface area contributed by atoms with Crippen LogP contribution in [-0.4, -0.2) is 72.0 Å². The van der Waals surface area contributed by atoms with Crippen molar-refractivity contribution in [1.82, 2.24) is 10.2 Å². The van der Waals surface area contributed by atoms with Crippen molar-refractivity contribution in [3.63, 3.8) is 0 Å². The second kappa shape index (κ2) is 12.7. The Bertz CT molecular complexity index is 1140. The topological polar surface area (TPSA) is 108 Å². The van der Waals surface area contributed by atoms with Gasteiger partial charge in [0.2, 0.25) is 11.8 Å². The van der Waals surface area contributed by atoms with Gasteiger partial charge in [0.25, 0.3) is 0 Å². The molecule has 2 amide bonds. The molecule has 0 aliphatic heterocycles. The Morgan fingerprint density at radius 2 is 1.95 bits per heavy atom. The fourth-order valence-corrected chi connectivity index (χ4v) is 5.06. The average Bonchev–Trinajstić information content (AvgIpc) is 3.76. The molecule has 4 rings (SSSR count). The number of benzene rings is 2. The maximum Gasteiger partial charge on any atom is 0.247 e. The second-order valence-electron chi connectivity index (χ2n) is 9.35. The van der Waals surface area contributed by atoms with Gasteiger partial charge in [-0.2, -0.15) is 0 Å². The average molecular weight is 620 g/mol. The SMILES string of the molecule is COc1cccc(CCN(C(=O)C2CC2)C2CC(C(=O)NCCO)=CC(Oc3ccccc3I)C2O)c1. The number of nitrogens with zero attached hydrogens (tertiary/aromatic N) is 1. The van der Waals surface area contributed by atoms with Crippen molar-refractivity contribution in [3.8, 4) is 11.5 Å². The molecule has 1 saturated carbocycles. The minimum atomic E-state index is -1.03. The molecule has 3 atom stereocenters. The van der Waals surface area contributed by atoms with E-state index in [9.17, 15) is 14.7 Å². The van der Waals surface area contributed by atoms with E-state index < -0.39 is 18.2 Å². The van der Waals surface area contributed by atoms with Crippen LogP contribution in [0.3, 0.4) is 0 Å². The zero-order valence-corrected chi connectivity index (χ0v) is 23.0. The van der Waals surface area contributed by atoms with Gasteiger partial charge in [-0.1, -0.05) is 24.3 Å². The monoisotopic (exact) mass is 620 g/mol. The van der Waals surface area contributed by atoms with Crippen molar-refractivity contribution in [2.24, 2.45) is 5.92 Å². The molecule has 0 aromatic heterocycles. The van der Waals surface area contributed by atoms with Crippen LogP contribution in [0.2, 0.25) is 0 Å². The Morgan fingerprint density at radius 1 is 1.16 bits per heavy atom. The number of hydrogen-bond donors (Lipinski definition) is 3. The molecule has 3 unspecified atom stereocenters. The number of aliphatic hydroxyl groups is 2. The van der Waals surface area contributed by atoms with Gasteiger partial charge in [0.15, 0.2) is 0 Å². The number of para-hydroxylation sites is 1. The second-order valence-corrected chi connectivity index (χ2v) is 10.5. The maximum absolute atomic E-state index is 13.5. The quantitative estimate of drug-likeness (QED) is 0.334. The Hall–Kier alpha value is -2.63. The van der Waals surface area contributed by atoms with Crippen LogP contribution < -0.4 is 14.8 Å². The highest BCUT2D eigenvalue weighted by Crippen LogP contribution is 2.35. The summed E-state index contributed by atoms with van der Waals surface area (Å²) in [7, 11) is 1.62. The molecule has 2 aromatic rings. The number of ether oxygens (including phenoxy) is 2. The number of halogens is 1. The fraction of sp³-hybridized carbons (Fsp3) is 0.429. The Kier molecular flexibility index (Phi) is 9.44. The fourth-order valence-electron chi connectivity index (χ4n) is 4.55. The lowest BCUT2D eigenvalue weighted by atomic mass is 9.87. The predicted octanol–water partition coefficient (Wildman–Crippen LogP) is 2.70. The molecule has 0 spiro atoms. The molecule has 0 bridgehead atoms. The molecular weight excluding hydrogens is 587 g/mol. The summed E-state index contributed by atoms with van der Waals surface area (Å²) in [6.07, 6.45) is 2.23.